The van der Waals surface area contributed by atoms with Crippen LogP contribution in [-0.2, 0) is 14.3 Å². The second kappa shape index (κ2) is 11.9. The monoisotopic (exact) mass is 573 g/mol. The third-order valence-corrected chi connectivity index (χ3v) is 5.36. The maximum atomic E-state index is 15.4. The Morgan fingerprint density at radius 1 is 0.902 bits per heavy atom. The molecule has 1 aromatic heterocycles. The van der Waals surface area contributed by atoms with Crippen molar-refractivity contribution < 1.29 is 42.5 Å². The van der Waals surface area contributed by atoms with E-state index < -0.39 is 58.3 Å². The molecule has 41 heavy (non-hydrogen) atoms. The smallest absolute Gasteiger partial charge is 0.439 e. The molecule has 1 atom stereocenters. The molecular formula is C29H33F2N3O7. The number of amides is 2. The van der Waals surface area contributed by atoms with E-state index in [2.05, 4.69) is 4.98 Å². The highest BCUT2D eigenvalue weighted by molar-refractivity contribution is 5.94. The Labute approximate surface area is 236 Å². The van der Waals surface area contributed by atoms with Crippen LogP contribution in [0.5, 0.6) is 5.75 Å². The summed E-state index contributed by atoms with van der Waals surface area (Å²) < 4.78 is 46.0. The lowest BCUT2D eigenvalue weighted by atomic mass is 10.0. The third kappa shape index (κ3) is 7.59. The number of fused-ring (bicyclic) bond motifs is 1. The first-order valence-electron chi connectivity index (χ1n) is 12.8. The van der Waals surface area contributed by atoms with Gasteiger partial charge >= 0.3 is 18.2 Å². The minimum Gasteiger partial charge on any atom is -0.491 e. The van der Waals surface area contributed by atoms with Crippen LogP contribution in [0.15, 0.2) is 48.8 Å². The van der Waals surface area contributed by atoms with Crippen LogP contribution in [0, 0.1) is 11.6 Å². The normalized spacial score (nSPS) is 12.4. The predicted octanol–water partition coefficient (Wildman–Crippen LogP) is 6.63. The van der Waals surface area contributed by atoms with E-state index in [0.29, 0.717) is 21.8 Å². The summed E-state index contributed by atoms with van der Waals surface area (Å²) in [4.78, 5) is 44.2. The van der Waals surface area contributed by atoms with Crippen molar-refractivity contribution in [2.24, 2.45) is 0 Å². The molecule has 0 aliphatic carbocycles. The van der Waals surface area contributed by atoms with Gasteiger partial charge in [-0.2, -0.15) is 0 Å². The molecule has 10 nitrogen and oxygen atoms in total. The van der Waals surface area contributed by atoms with E-state index in [0.717, 1.165) is 11.1 Å². The summed E-state index contributed by atoms with van der Waals surface area (Å²) in [5, 5.41) is 12.8. The Bertz CT molecular complexity index is 1420. The van der Waals surface area contributed by atoms with Crippen LogP contribution >= 0.6 is 0 Å². The fourth-order valence-electron chi connectivity index (χ4n) is 3.84. The number of benzene rings is 2. The topological polar surface area (TPSA) is 119 Å². The first kappa shape index (κ1) is 31.1. The lowest BCUT2D eigenvalue weighted by Crippen LogP contribution is -2.56. The number of nitrogens with zero attached hydrogens (tertiary/aromatic N) is 3. The zero-order chi connectivity index (χ0) is 30.7. The van der Waals surface area contributed by atoms with E-state index in [1.165, 1.54) is 18.3 Å². The van der Waals surface area contributed by atoms with Gasteiger partial charge in [0.05, 0.1) is 12.3 Å². The van der Waals surface area contributed by atoms with Crippen LogP contribution in [-0.4, -0.2) is 51.1 Å². The number of halogens is 2. The molecule has 1 heterocycles. The second-order valence-corrected chi connectivity index (χ2v) is 11.0. The molecule has 0 aliphatic rings. The molecule has 0 saturated heterocycles. The summed E-state index contributed by atoms with van der Waals surface area (Å²) in [6, 6.07) is 5.38. The largest absolute Gasteiger partial charge is 0.491 e. The molecule has 2 aromatic carbocycles. The molecule has 220 valence electrons. The van der Waals surface area contributed by atoms with Gasteiger partial charge < -0.3 is 19.3 Å². The molecular weight excluding hydrogens is 540 g/mol. The van der Waals surface area contributed by atoms with Gasteiger partial charge in [0, 0.05) is 29.4 Å². The van der Waals surface area contributed by atoms with Gasteiger partial charge in [0.25, 0.3) is 0 Å². The number of carboxylic acid groups (broad SMARTS) is 1. The van der Waals surface area contributed by atoms with Gasteiger partial charge in [-0.25, -0.2) is 23.2 Å². The maximum absolute atomic E-state index is 15.4. The molecule has 0 fully saturated rings. The van der Waals surface area contributed by atoms with Crippen molar-refractivity contribution in [3.63, 3.8) is 0 Å². The molecule has 0 bridgehead atoms. The van der Waals surface area contributed by atoms with Gasteiger partial charge in [0.15, 0.2) is 17.6 Å². The Morgan fingerprint density at radius 2 is 1.51 bits per heavy atom. The van der Waals surface area contributed by atoms with Crippen molar-refractivity contribution in [2.45, 2.75) is 65.7 Å². The van der Waals surface area contributed by atoms with Crippen molar-refractivity contribution in [3.05, 3.63) is 66.0 Å². The molecule has 2 amide bonds. The van der Waals surface area contributed by atoms with Gasteiger partial charge in [-0.15, -0.1) is 5.01 Å². The molecule has 3 aromatic rings. The van der Waals surface area contributed by atoms with Crippen molar-refractivity contribution in [3.8, 4) is 5.75 Å². The first-order chi connectivity index (χ1) is 19.0. The Balaban J connectivity index is 2.38. The van der Waals surface area contributed by atoms with E-state index in [1.807, 2.05) is 0 Å². The zero-order valence-electron chi connectivity index (χ0n) is 23.9. The lowest BCUT2D eigenvalue weighted by molar-refractivity contribution is -0.139. The number of hydrazine groups is 1. The fraction of sp³-hybridized carbons (Fsp3) is 0.379. The summed E-state index contributed by atoms with van der Waals surface area (Å²) in [5.41, 5.74) is -2.86. The van der Waals surface area contributed by atoms with Crippen LogP contribution in [0.3, 0.4) is 0 Å². The van der Waals surface area contributed by atoms with E-state index in [9.17, 15) is 23.9 Å². The number of rotatable bonds is 7. The summed E-state index contributed by atoms with van der Waals surface area (Å²) in [6.07, 6.45) is 0.477. The fourth-order valence-corrected chi connectivity index (χ4v) is 3.84. The number of hydrogen-bond donors (Lipinski definition) is 1. The molecule has 0 saturated carbocycles. The SMILES string of the molecule is CCOc1cc(C(C(=O)O)N(c2ccc3cnccc3c2)N(C(=O)OC(C)(C)C)C(=O)OC(C)(C)C)c(F)cc1F. The van der Waals surface area contributed by atoms with Crippen molar-refractivity contribution >= 4 is 34.6 Å². The standard InChI is InChI=1S/C29H33F2N3O7/c1-8-39-23-14-20(21(30)15-22(23)31)24(25(35)36)33(19-10-9-18-16-32-12-11-17(18)13-19)34(26(37)40-28(2,3)4)27(38)41-29(5,6)7/h9-16,24H,8H2,1-7H3,(H,35,36). The van der Waals surface area contributed by atoms with Crippen molar-refractivity contribution in [2.75, 3.05) is 11.6 Å². The molecule has 12 heteroatoms. The number of carbonyl (C=O) groups excluding carboxylic acids is 2. The van der Waals surface area contributed by atoms with Gasteiger partial charge in [-0.1, -0.05) is 6.07 Å². The van der Waals surface area contributed by atoms with E-state index in [1.54, 1.807) is 66.8 Å². The number of hydrogen-bond acceptors (Lipinski definition) is 8. The Kier molecular flexibility index (Phi) is 9.05. The lowest BCUT2D eigenvalue weighted by Gasteiger charge is -2.39. The van der Waals surface area contributed by atoms with Crippen molar-refractivity contribution in [1.29, 1.82) is 0 Å². The number of aromatic nitrogens is 1. The predicted molar refractivity (Wildman–Crippen MR) is 146 cm³/mol. The molecule has 3 rings (SSSR count). The van der Waals surface area contributed by atoms with Crippen molar-refractivity contribution in [1.82, 2.24) is 9.99 Å². The Hall–Kier alpha value is -4.48. The van der Waals surface area contributed by atoms with Crippen LogP contribution in [0.4, 0.5) is 24.1 Å². The zero-order valence-corrected chi connectivity index (χ0v) is 23.9. The second-order valence-electron chi connectivity index (χ2n) is 11.0. The quantitative estimate of drug-likeness (QED) is 0.311. The summed E-state index contributed by atoms with van der Waals surface area (Å²) in [5.74, 6) is -4.40. The highest BCUT2D eigenvalue weighted by Crippen LogP contribution is 2.36. The molecule has 1 unspecified atom stereocenters. The van der Waals surface area contributed by atoms with Crippen LogP contribution < -0.4 is 9.75 Å². The van der Waals surface area contributed by atoms with Crippen LogP contribution in [0.1, 0.15) is 60.1 Å². The number of aliphatic carboxylic acids is 1. The average Bonchev–Trinajstić information content (AvgIpc) is 2.83. The Morgan fingerprint density at radius 3 is 2.05 bits per heavy atom. The van der Waals surface area contributed by atoms with Crippen LogP contribution in [0.25, 0.3) is 10.8 Å². The number of ether oxygens (including phenoxy) is 3. The van der Waals surface area contributed by atoms with E-state index in [4.69, 9.17) is 14.2 Å². The summed E-state index contributed by atoms with van der Waals surface area (Å²) >= 11 is 0. The van der Waals surface area contributed by atoms with E-state index >= 15 is 4.39 Å². The molecule has 0 radical (unpaired) electrons. The summed E-state index contributed by atoms with van der Waals surface area (Å²) in [7, 11) is 0. The molecule has 1 N–H and O–H groups in total. The molecule has 0 spiro atoms. The summed E-state index contributed by atoms with van der Waals surface area (Å²) in [6.45, 7) is 10.9. The highest BCUT2D eigenvalue weighted by Gasteiger charge is 2.44. The number of carboxylic acids is 1. The van der Waals surface area contributed by atoms with Gasteiger partial charge in [-0.05, 0) is 78.1 Å². The number of anilines is 1. The minimum atomic E-state index is -2.10. The molecule has 0 aliphatic heterocycles. The van der Waals surface area contributed by atoms with E-state index in [-0.39, 0.29) is 12.3 Å². The van der Waals surface area contributed by atoms with Gasteiger partial charge in [0.1, 0.15) is 17.0 Å². The minimum absolute atomic E-state index is 0.00406. The van der Waals surface area contributed by atoms with Gasteiger partial charge in [-0.3, -0.25) is 9.99 Å². The first-order valence-corrected chi connectivity index (χ1v) is 12.8. The maximum Gasteiger partial charge on any atom is 0.439 e. The number of imide groups is 1. The number of carbonyl (C=O) groups is 3. The highest BCUT2D eigenvalue weighted by atomic mass is 19.1. The average molecular weight is 574 g/mol. The third-order valence-electron chi connectivity index (χ3n) is 5.36. The van der Waals surface area contributed by atoms with Crippen LogP contribution in [0.2, 0.25) is 0 Å². The van der Waals surface area contributed by atoms with Gasteiger partial charge in [0.2, 0.25) is 0 Å². The number of pyridine rings is 1.